The smallest absolute Gasteiger partial charge is 0.321 e. The number of hydrogen-bond donors (Lipinski definition) is 2. The van der Waals surface area contributed by atoms with Gasteiger partial charge >= 0.3 is 6.03 Å². The van der Waals surface area contributed by atoms with Gasteiger partial charge in [-0.3, -0.25) is 4.79 Å². The second-order valence-electron chi connectivity index (χ2n) is 7.79. The molecular formula is C25H21FN4O3. The van der Waals surface area contributed by atoms with Crippen LogP contribution in [0.15, 0.2) is 71.7 Å². The van der Waals surface area contributed by atoms with E-state index in [1.165, 1.54) is 11.0 Å². The summed E-state index contributed by atoms with van der Waals surface area (Å²) in [6, 6.07) is 18.1. The molecule has 0 spiro atoms. The SMILES string of the molecule is CN1C(=O)C(NC(=O)Nc2ccc3c(c2)CCO3)N=C(c2ccccc2F)c2ccccc21. The summed E-state index contributed by atoms with van der Waals surface area (Å²) >= 11 is 0. The number of urea groups is 1. The number of benzene rings is 3. The number of nitrogens with one attached hydrogen (secondary N) is 2. The highest BCUT2D eigenvalue weighted by Gasteiger charge is 2.31. The van der Waals surface area contributed by atoms with Crippen LogP contribution in [0.5, 0.6) is 5.75 Å². The topological polar surface area (TPSA) is 83.0 Å². The largest absolute Gasteiger partial charge is 0.493 e. The van der Waals surface area contributed by atoms with Crippen molar-refractivity contribution >= 4 is 29.0 Å². The number of anilines is 2. The molecule has 7 nitrogen and oxygen atoms in total. The summed E-state index contributed by atoms with van der Waals surface area (Å²) in [5.74, 6) is -0.101. The van der Waals surface area contributed by atoms with Gasteiger partial charge in [-0.15, -0.1) is 0 Å². The van der Waals surface area contributed by atoms with Crippen molar-refractivity contribution in [3.05, 3.63) is 89.2 Å². The predicted octanol–water partition coefficient (Wildman–Crippen LogP) is 3.72. The van der Waals surface area contributed by atoms with Gasteiger partial charge in [-0.1, -0.05) is 30.3 Å². The van der Waals surface area contributed by atoms with Crippen molar-refractivity contribution in [2.45, 2.75) is 12.6 Å². The number of ether oxygens (including phenoxy) is 1. The third-order valence-electron chi connectivity index (χ3n) is 5.69. The molecule has 3 aromatic carbocycles. The minimum Gasteiger partial charge on any atom is -0.493 e. The zero-order valence-corrected chi connectivity index (χ0v) is 17.8. The average molecular weight is 444 g/mol. The highest BCUT2D eigenvalue weighted by molar-refractivity contribution is 6.20. The van der Waals surface area contributed by atoms with Gasteiger partial charge in [0, 0.05) is 30.3 Å². The van der Waals surface area contributed by atoms with E-state index in [0.717, 1.165) is 17.7 Å². The van der Waals surface area contributed by atoms with Crippen LogP contribution in [0, 0.1) is 5.82 Å². The Hall–Kier alpha value is -4.20. The van der Waals surface area contributed by atoms with Crippen molar-refractivity contribution in [3.63, 3.8) is 0 Å². The lowest BCUT2D eigenvalue weighted by molar-refractivity contribution is -0.119. The number of aliphatic imine (C=N–C) groups is 1. The molecule has 3 amide bonds. The van der Waals surface area contributed by atoms with E-state index in [-0.39, 0.29) is 5.56 Å². The Labute approximate surface area is 189 Å². The number of fused-ring (bicyclic) bond motifs is 2. The van der Waals surface area contributed by atoms with Crippen molar-refractivity contribution in [2.24, 2.45) is 4.99 Å². The van der Waals surface area contributed by atoms with Crippen LogP contribution in [0.2, 0.25) is 0 Å². The van der Waals surface area contributed by atoms with Crippen molar-refractivity contribution in [1.82, 2.24) is 5.32 Å². The van der Waals surface area contributed by atoms with Crippen LogP contribution in [-0.4, -0.2) is 37.5 Å². The number of likely N-dealkylation sites (N-methyl/N-ethyl adjacent to an activating group) is 1. The number of carbonyl (C=O) groups excluding carboxylic acids is 2. The molecule has 1 unspecified atom stereocenters. The summed E-state index contributed by atoms with van der Waals surface area (Å²) in [6.45, 7) is 0.613. The van der Waals surface area contributed by atoms with Crippen molar-refractivity contribution in [3.8, 4) is 5.75 Å². The van der Waals surface area contributed by atoms with Gasteiger partial charge in [-0.2, -0.15) is 0 Å². The Morgan fingerprint density at radius 3 is 2.67 bits per heavy atom. The predicted molar refractivity (Wildman–Crippen MR) is 123 cm³/mol. The summed E-state index contributed by atoms with van der Waals surface area (Å²) in [6.07, 6.45) is -0.470. The normalized spacial score (nSPS) is 16.8. The highest BCUT2D eigenvalue weighted by atomic mass is 19.1. The number of halogens is 1. The van der Waals surface area contributed by atoms with E-state index in [9.17, 15) is 14.0 Å². The zero-order chi connectivity index (χ0) is 22.9. The van der Waals surface area contributed by atoms with Gasteiger partial charge in [0.2, 0.25) is 6.17 Å². The molecule has 2 N–H and O–H groups in total. The molecule has 2 heterocycles. The third-order valence-corrected chi connectivity index (χ3v) is 5.69. The fourth-order valence-corrected chi connectivity index (χ4v) is 4.04. The standard InChI is InChI=1S/C25H21FN4O3/c1-30-20-9-5-3-7-18(20)22(17-6-2-4-8-19(17)26)28-23(24(30)31)29-25(32)27-16-10-11-21-15(14-16)12-13-33-21/h2-11,14,23H,12-13H2,1H3,(H2,27,29,32). The second kappa shape index (κ2) is 8.38. The Bertz CT molecular complexity index is 1290. The number of rotatable bonds is 3. The number of nitrogens with zero attached hydrogens (tertiary/aromatic N) is 2. The molecule has 0 fully saturated rings. The van der Waals surface area contributed by atoms with Crippen LogP contribution >= 0.6 is 0 Å². The minimum absolute atomic E-state index is 0.249. The molecule has 2 aliphatic rings. The maximum absolute atomic E-state index is 14.7. The van der Waals surface area contributed by atoms with Crippen molar-refractivity contribution < 1.29 is 18.7 Å². The molecule has 0 saturated heterocycles. The molecule has 8 heteroatoms. The fraction of sp³-hybridized carbons (Fsp3) is 0.160. The quantitative estimate of drug-likeness (QED) is 0.646. The Balaban J connectivity index is 1.47. The van der Waals surface area contributed by atoms with Crippen LogP contribution in [0.1, 0.15) is 16.7 Å². The minimum atomic E-state index is -1.24. The second-order valence-corrected chi connectivity index (χ2v) is 7.79. The zero-order valence-electron chi connectivity index (χ0n) is 17.8. The molecule has 1 atom stereocenters. The Morgan fingerprint density at radius 2 is 1.85 bits per heavy atom. The highest BCUT2D eigenvalue weighted by Crippen LogP contribution is 2.29. The van der Waals surface area contributed by atoms with E-state index in [1.54, 1.807) is 61.6 Å². The summed E-state index contributed by atoms with van der Waals surface area (Å²) in [5.41, 5.74) is 3.30. The lowest BCUT2D eigenvalue weighted by Crippen LogP contribution is -2.47. The molecule has 0 saturated carbocycles. The first-order valence-electron chi connectivity index (χ1n) is 10.5. The van der Waals surface area contributed by atoms with Gasteiger partial charge in [0.25, 0.3) is 5.91 Å². The van der Waals surface area contributed by atoms with E-state index >= 15 is 0 Å². The fourth-order valence-electron chi connectivity index (χ4n) is 4.04. The summed E-state index contributed by atoms with van der Waals surface area (Å²) < 4.78 is 20.2. The van der Waals surface area contributed by atoms with Crippen molar-refractivity contribution in [1.29, 1.82) is 0 Å². The van der Waals surface area contributed by atoms with Crippen LogP contribution in [0.3, 0.4) is 0 Å². The van der Waals surface area contributed by atoms with E-state index in [0.29, 0.717) is 29.3 Å². The molecular weight excluding hydrogens is 423 g/mol. The molecule has 0 aliphatic carbocycles. The van der Waals surface area contributed by atoms with Crippen LogP contribution in [0.4, 0.5) is 20.6 Å². The number of para-hydroxylation sites is 1. The van der Waals surface area contributed by atoms with Crippen LogP contribution in [0.25, 0.3) is 0 Å². The number of hydrogen-bond acceptors (Lipinski definition) is 4. The first-order valence-corrected chi connectivity index (χ1v) is 10.5. The summed E-state index contributed by atoms with van der Waals surface area (Å²) in [5, 5.41) is 5.37. The molecule has 0 radical (unpaired) electrons. The molecule has 33 heavy (non-hydrogen) atoms. The van der Waals surface area contributed by atoms with Gasteiger partial charge in [-0.05, 0) is 42.0 Å². The maximum Gasteiger partial charge on any atom is 0.321 e. The van der Waals surface area contributed by atoms with Crippen molar-refractivity contribution in [2.75, 3.05) is 23.9 Å². The lowest BCUT2D eigenvalue weighted by Gasteiger charge is -2.21. The van der Waals surface area contributed by atoms with Crippen LogP contribution in [-0.2, 0) is 11.2 Å². The third kappa shape index (κ3) is 3.91. The van der Waals surface area contributed by atoms with Gasteiger partial charge in [0.1, 0.15) is 11.6 Å². The number of benzodiazepines with no additional fused rings is 1. The van der Waals surface area contributed by atoms with Gasteiger partial charge < -0.3 is 20.3 Å². The molecule has 2 aliphatic heterocycles. The van der Waals surface area contributed by atoms with E-state index < -0.39 is 23.9 Å². The molecule has 0 aromatic heterocycles. The van der Waals surface area contributed by atoms with E-state index in [4.69, 9.17) is 4.74 Å². The van der Waals surface area contributed by atoms with Gasteiger partial charge in [0.15, 0.2) is 0 Å². The first-order chi connectivity index (χ1) is 16.0. The Kier molecular flexibility index (Phi) is 5.26. The van der Waals surface area contributed by atoms with E-state index in [2.05, 4.69) is 15.6 Å². The first kappa shape index (κ1) is 20.7. The summed E-state index contributed by atoms with van der Waals surface area (Å²) in [4.78, 5) is 31.9. The van der Waals surface area contributed by atoms with Crippen LogP contribution < -0.4 is 20.3 Å². The van der Waals surface area contributed by atoms with Gasteiger partial charge in [0.05, 0.1) is 18.0 Å². The monoisotopic (exact) mass is 444 g/mol. The van der Waals surface area contributed by atoms with Gasteiger partial charge in [-0.25, -0.2) is 14.2 Å². The number of carbonyl (C=O) groups is 2. The molecule has 0 bridgehead atoms. The average Bonchev–Trinajstić information content (AvgIpc) is 3.26. The lowest BCUT2D eigenvalue weighted by atomic mass is 10.00. The molecule has 166 valence electrons. The van der Waals surface area contributed by atoms with E-state index in [1.807, 2.05) is 6.07 Å². The Morgan fingerprint density at radius 1 is 1.09 bits per heavy atom. The molecule has 5 rings (SSSR count). The number of amides is 3. The summed E-state index contributed by atoms with van der Waals surface area (Å²) in [7, 11) is 1.61. The molecule has 3 aromatic rings. The maximum atomic E-state index is 14.7.